The first-order valence-corrected chi connectivity index (χ1v) is 6.60. The molecule has 0 aliphatic carbocycles. The van der Waals surface area contributed by atoms with Crippen LogP contribution in [0.3, 0.4) is 0 Å². The summed E-state index contributed by atoms with van der Waals surface area (Å²) in [6.07, 6.45) is 0. The SMILES string of the molecule is COc1ccc(C(=O)OCc2cc(Cl)cc(Cl)c2)cc1. The first-order valence-electron chi connectivity index (χ1n) is 5.84. The van der Waals surface area contributed by atoms with Crippen LogP contribution in [0.25, 0.3) is 0 Å². The van der Waals surface area contributed by atoms with Crippen LogP contribution in [0.1, 0.15) is 15.9 Å². The molecule has 0 aromatic heterocycles. The van der Waals surface area contributed by atoms with E-state index in [0.29, 0.717) is 21.4 Å². The smallest absolute Gasteiger partial charge is 0.338 e. The zero-order chi connectivity index (χ0) is 14.5. The molecule has 2 aromatic rings. The Hall–Kier alpha value is -1.71. The normalized spacial score (nSPS) is 10.2. The molecule has 0 saturated heterocycles. The first-order chi connectivity index (χ1) is 9.58. The molecular formula is C15H12Cl2O3. The maximum atomic E-state index is 11.9. The molecule has 0 aliphatic rings. The Morgan fingerprint density at radius 3 is 2.20 bits per heavy atom. The molecule has 104 valence electrons. The average Bonchev–Trinajstić information content (AvgIpc) is 2.44. The quantitative estimate of drug-likeness (QED) is 0.787. The van der Waals surface area contributed by atoms with Crippen LogP contribution in [-0.4, -0.2) is 13.1 Å². The van der Waals surface area contributed by atoms with Gasteiger partial charge >= 0.3 is 5.97 Å². The molecule has 0 heterocycles. The van der Waals surface area contributed by atoms with Crippen molar-refractivity contribution in [3.05, 3.63) is 63.6 Å². The van der Waals surface area contributed by atoms with Crippen molar-refractivity contribution < 1.29 is 14.3 Å². The standard InChI is InChI=1S/C15H12Cl2O3/c1-19-14-4-2-11(3-5-14)15(18)20-9-10-6-12(16)8-13(17)7-10/h2-8H,9H2,1H3. The van der Waals surface area contributed by atoms with Gasteiger partial charge in [0.05, 0.1) is 12.7 Å². The van der Waals surface area contributed by atoms with Gasteiger partial charge in [0, 0.05) is 10.0 Å². The highest BCUT2D eigenvalue weighted by molar-refractivity contribution is 6.34. The lowest BCUT2D eigenvalue weighted by Gasteiger charge is -2.06. The summed E-state index contributed by atoms with van der Waals surface area (Å²) in [7, 11) is 1.57. The van der Waals surface area contributed by atoms with E-state index in [1.807, 2.05) is 0 Å². The van der Waals surface area contributed by atoms with Crippen molar-refractivity contribution in [3.8, 4) is 5.75 Å². The van der Waals surface area contributed by atoms with Crippen LogP contribution in [0, 0.1) is 0 Å². The Bertz CT molecular complexity index is 589. The van der Waals surface area contributed by atoms with Gasteiger partial charge in [0.2, 0.25) is 0 Å². The summed E-state index contributed by atoms with van der Waals surface area (Å²) in [5.74, 6) is 0.270. The van der Waals surface area contributed by atoms with E-state index >= 15 is 0 Å². The number of halogens is 2. The molecule has 0 atom stereocenters. The van der Waals surface area contributed by atoms with E-state index in [0.717, 1.165) is 5.56 Å². The van der Waals surface area contributed by atoms with Crippen LogP contribution in [0.5, 0.6) is 5.75 Å². The fraction of sp³-hybridized carbons (Fsp3) is 0.133. The second kappa shape index (κ2) is 6.64. The topological polar surface area (TPSA) is 35.5 Å². The Balaban J connectivity index is 2.00. The van der Waals surface area contributed by atoms with Crippen molar-refractivity contribution in [2.75, 3.05) is 7.11 Å². The highest BCUT2D eigenvalue weighted by Gasteiger charge is 2.08. The number of rotatable bonds is 4. The second-order valence-corrected chi connectivity index (χ2v) is 4.96. The van der Waals surface area contributed by atoms with Crippen LogP contribution in [0.4, 0.5) is 0 Å². The number of methoxy groups -OCH3 is 1. The Morgan fingerprint density at radius 2 is 1.65 bits per heavy atom. The summed E-state index contributed by atoms with van der Waals surface area (Å²) in [5, 5.41) is 1.01. The molecule has 5 heteroatoms. The van der Waals surface area contributed by atoms with E-state index in [-0.39, 0.29) is 6.61 Å². The van der Waals surface area contributed by atoms with E-state index in [2.05, 4.69) is 0 Å². The third-order valence-electron chi connectivity index (χ3n) is 2.62. The molecule has 2 rings (SSSR count). The molecular weight excluding hydrogens is 299 g/mol. The summed E-state index contributed by atoms with van der Waals surface area (Å²) < 4.78 is 10.2. The van der Waals surface area contributed by atoms with Gasteiger partial charge in [-0.2, -0.15) is 0 Å². The Labute approximate surface area is 127 Å². The Kier molecular flexibility index (Phi) is 4.88. The van der Waals surface area contributed by atoms with Crippen LogP contribution in [0.15, 0.2) is 42.5 Å². The van der Waals surface area contributed by atoms with Gasteiger partial charge in [-0.05, 0) is 48.0 Å². The molecule has 2 aromatic carbocycles. The van der Waals surface area contributed by atoms with Gasteiger partial charge in [0.15, 0.2) is 0 Å². The summed E-state index contributed by atoms with van der Waals surface area (Å²) in [4.78, 5) is 11.9. The van der Waals surface area contributed by atoms with Gasteiger partial charge in [-0.25, -0.2) is 4.79 Å². The molecule has 0 N–H and O–H groups in total. The third-order valence-corrected chi connectivity index (χ3v) is 3.05. The van der Waals surface area contributed by atoms with E-state index in [1.165, 1.54) is 0 Å². The van der Waals surface area contributed by atoms with Gasteiger partial charge < -0.3 is 9.47 Å². The summed E-state index contributed by atoms with van der Waals surface area (Å²) >= 11 is 11.8. The minimum absolute atomic E-state index is 0.116. The van der Waals surface area contributed by atoms with E-state index in [1.54, 1.807) is 49.6 Å². The fourth-order valence-electron chi connectivity index (χ4n) is 1.65. The van der Waals surface area contributed by atoms with Crippen LogP contribution < -0.4 is 4.74 Å². The maximum absolute atomic E-state index is 11.9. The largest absolute Gasteiger partial charge is 0.497 e. The predicted molar refractivity (Wildman–Crippen MR) is 78.6 cm³/mol. The highest BCUT2D eigenvalue weighted by Crippen LogP contribution is 2.20. The molecule has 3 nitrogen and oxygen atoms in total. The Morgan fingerprint density at radius 1 is 1.05 bits per heavy atom. The molecule has 0 saturated carbocycles. The number of esters is 1. The van der Waals surface area contributed by atoms with Crippen molar-refractivity contribution >= 4 is 29.2 Å². The molecule has 0 aliphatic heterocycles. The number of carbonyl (C=O) groups excluding carboxylic acids is 1. The van der Waals surface area contributed by atoms with Crippen molar-refractivity contribution in [1.29, 1.82) is 0 Å². The highest BCUT2D eigenvalue weighted by atomic mass is 35.5. The summed E-state index contributed by atoms with van der Waals surface area (Å²) in [6, 6.07) is 11.7. The fourth-order valence-corrected chi connectivity index (χ4v) is 2.22. The number of hydrogen-bond acceptors (Lipinski definition) is 3. The average molecular weight is 311 g/mol. The van der Waals surface area contributed by atoms with Gasteiger partial charge in [0.1, 0.15) is 12.4 Å². The molecule has 20 heavy (non-hydrogen) atoms. The number of hydrogen-bond donors (Lipinski definition) is 0. The van der Waals surface area contributed by atoms with Crippen LogP contribution in [0.2, 0.25) is 10.0 Å². The van der Waals surface area contributed by atoms with E-state index in [9.17, 15) is 4.79 Å². The minimum Gasteiger partial charge on any atom is -0.497 e. The third kappa shape index (κ3) is 3.89. The molecule has 0 bridgehead atoms. The van der Waals surface area contributed by atoms with Crippen molar-refractivity contribution in [3.63, 3.8) is 0 Å². The monoisotopic (exact) mass is 310 g/mol. The summed E-state index contributed by atoms with van der Waals surface area (Å²) in [5.41, 5.74) is 1.20. The number of ether oxygens (including phenoxy) is 2. The van der Waals surface area contributed by atoms with E-state index < -0.39 is 5.97 Å². The first kappa shape index (κ1) is 14.7. The van der Waals surface area contributed by atoms with Gasteiger partial charge in [0.25, 0.3) is 0 Å². The lowest BCUT2D eigenvalue weighted by molar-refractivity contribution is 0.0472. The van der Waals surface area contributed by atoms with Gasteiger partial charge in [-0.3, -0.25) is 0 Å². The van der Waals surface area contributed by atoms with Crippen LogP contribution in [-0.2, 0) is 11.3 Å². The van der Waals surface area contributed by atoms with Crippen molar-refractivity contribution in [1.82, 2.24) is 0 Å². The molecule has 0 amide bonds. The van der Waals surface area contributed by atoms with Crippen molar-refractivity contribution in [2.24, 2.45) is 0 Å². The van der Waals surface area contributed by atoms with Crippen LogP contribution >= 0.6 is 23.2 Å². The van der Waals surface area contributed by atoms with E-state index in [4.69, 9.17) is 32.7 Å². The van der Waals surface area contributed by atoms with Gasteiger partial charge in [-0.15, -0.1) is 0 Å². The molecule has 0 radical (unpaired) electrons. The lowest BCUT2D eigenvalue weighted by Crippen LogP contribution is -2.05. The minimum atomic E-state index is -0.413. The number of carbonyl (C=O) groups is 1. The second-order valence-electron chi connectivity index (χ2n) is 4.08. The predicted octanol–water partition coefficient (Wildman–Crippen LogP) is 4.36. The molecule has 0 fully saturated rings. The van der Waals surface area contributed by atoms with Crippen molar-refractivity contribution in [2.45, 2.75) is 6.61 Å². The van der Waals surface area contributed by atoms with Gasteiger partial charge in [-0.1, -0.05) is 23.2 Å². The summed E-state index contributed by atoms with van der Waals surface area (Å²) in [6.45, 7) is 0.116. The zero-order valence-corrected chi connectivity index (χ0v) is 12.2. The maximum Gasteiger partial charge on any atom is 0.338 e. The lowest BCUT2D eigenvalue weighted by atomic mass is 10.2. The number of benzene rings is 2. The molecule has 0 spiro atoms. The molecule has 0 unspecified atom stereocenters. The zero-order valence-electron chi connectivity index (χ0n) is 10.7.